The third kappa shape index (κ3) is 1.21. The number of fused-ring (bicyclic) bond motifs is 1. The van der Waals surface area contributed by atoms with Crippen molar-refractivity contribution in [3.63, 3.8) is 0 Å². The second-order valence-corrected chi connectivity index (χ2v) is 2.78. The number of rotatable bonds is 2. The van der Waals surface area contributed by atoms with Crippen LogP contribution in [0, 0.1) is 0 Å². The summed E-state index contributed by atoms with van der Waals surface area (Å²) < 4.78 is 10.1. The van der Waals surface area contributed by atoms with Gasteiger partial charge in [-0.2, -0.15) is 0 Å². The van der Waals surface area contributed by atoms with Crippen molar-refractivity contribution in [2.75, 3.05) is 7.11 Å². The number of carboxylic acid groups (broad SMARTS) is 1. The molecule has 4 nitrogen and oxygen atoms in total. The van der Waals surface area contributed by atoms with Crippen LogP contribution in [-0.2, 0) is 0 Å². The Hall–Kier alpha value is -1.97. The zero-order chi connectivity index (χ0) is 10.1. The number of hydrogen-bond donors (Lipinski definition) is 0. The van der Waals surface area contributed by atoms with Crippen molar-refractivity contribution >= 4 is 16.9 Å². The highest BCUT2D eigenvalue weighted by Gasteiger charge is 2.08. The number of carbonyl (C=O) groups excluding carboxylic acids is 1. The smallest absolute Gasteiger partial charge is 0.176 e. The van der Waals surface area contributed by atoms with Gasteiger partial charge in [-0.1, -0.05) is 12.1 Å². The van der Waals surface area contributed by atoms with Crippen molar-refractivity contribution < 1.29 is 19.1 Å². The Balaban J connectivity index is 2.70. The average molecular weight is 191 g/mol. The van der Waals surface area contributed by atoms with E-state index in [1.807, 2.05) is 0 Å². The molecular weight excluding hydrogens is 184 g/mol. The number of para-hydroxylation sites is 1. The Labute approximate surface area is 79.7 Å². The Bertz CT molecular complexity index is 484. The van der Waals surface area contributed by atoms with E-state index >= 15 is 0 Å². The molecule has 72 valence electrons. The minimum absolute atomic E-state index is 0.190. The fourth-order valence-corrected chi connectivity index (χ4v) is 1.30. The van der Waals surface area contributed by atoms with E-state index in [0.29, 0.717) is 16.7 Å². The lowest BCUT2D eigenvalue weighted by molar-refractivity contribution is -0.256. The van der Waals surface area contributed by atoms with E-state index in [1.165, 1.54) is 13.2 Å². The molecular formula is C10H7O4-. The van der Waals surface area contributed by atoms with Gasteiger partial charge in [0.1, 0.15) is 5.97 Å². The summed E-state index contributed by atoms with van der Waals surface area (Å²) in [5.41, 5.74) is 0.425. The van der Waals surface area contributed by atoms with Crippen LogP contribution in [0.3, 0.4) is 0 Å². The molecule has 14 heavy (non-hydrogen) atoms. The third-order valence-corrected chi connectivity index (χ3v) is 1.93. The topological polar surface area (TPSA) is 62.5 Å². The minimum atomic E-state index is -1.33. The Morgan fingerprint density at radius 1 is 1.50 bits per heavy atom. The Kier molecular flexibility index (Phi) is 1.89. The summed E-state index contributed by atoms with van der Waals surface area (Å²) in [4.78, 5) is 10.5. The molecule has 0 radical (unpaired) electrons. The average Bonchev–Trinajstić information content (AvgIpc) is 2.60. The van der Waals surface area contributed by atoms with Crippen LogP contribution in [0.5, 0.6) is 5.75 Å². The van der Waals surface area contributed by atoms with Crippen LogP contribution >= 0.6 is 0 Å². The van der Waals surface area contributed by atoms with E-state index in [4.69, 9.17) is 9.15 Å². The summed E-state index contributed by atoms with van der Waals surface area (Å²) in [5.74, 6) is -1.01. The van der Waals surface area contributed by atoms with Crippen molar-refractivity contribution in [3.05, 3.63) is 30.0 Å². The van der Waals surface area contributed by atoms with Gasteiger partial charge in [0.2, 0.25) is 0 Å². The van der Waals surface area contributed by atoms with Crippen molar-refractivity contribution in [1.82, 2.24) is 0 Å². The fourth-order valence-electron chi connectivity index (χ4n) is 1.30. The molecule has 0 aliphatic rings. The molecule has 0 aliphatic heterocycles. The van der Waals surface area contributed by atoms with Crippen LogP contribution in [-0.4, -0.2) is 13.1 Å². The molecule has 0 spiro atoms. The van der Waals surface area contributed by atoms with Gasteiger partial charge in [0, 0.05) is 5.39 Å². The first-order valence-corrected chi connectivity index (χ1v) is 4.00. The van der Waals surface area contributed by atoms with E-state index in [9.17, 15) is 9.90 Å². The Morgan fingerprint density at radius 2 is 2.29 bits per heavy atom. The second-order valence-electron chi connectivity index (χ2n) is 2.78. The predicted molar refractivity (Wildman–Crippen MR) is 47.1 cm³/mol. The number of hydrogen-bond acceptors (Lipinski definition) is 4. The highest BCUT2D eigenvalue weighted by molar-refractivity contribution is 5.92. The SMILES string of the molecule is COc1cccc2cc(C(=O)[O-])oc12. The van der Waals surface area contributed by atoms with Crippen LogP contribution in [0.1, 0.15) is 10.6 Å². The molecule has 0 saturated heterocycles. The molecule has 1 heterocycles. The monoisotopic (exact) mass is 191 g/mol. The predicted octanol–water partition coefficient (Wildman–Crippen LogP) is 0.805. The summed E-state index contributed by atoms with van der Waals surface area (Å²) in [6.07, 6.45) is 0. The minimum Gasteiger partial charge on any atom is -0.542 e. The second kappa shape index (κ2) is 3.06. The maximum Gasteiger partial charge on any atom is 0.176 e. The largest absolute Gasteiger partial charge is 0.542 e. The van der Waals surface area contributed by atoms with Crippen molar-refractivity contribution in [3.8, 4) is 5.75 Å². The first kappa shape index (κ1) is 8.62. The van der Waals surface area contributed by atoms with Crippen molar-refractivity contribution in [1.29, 1.82) is 0 Å². The zero-order valence-corrected chi connectivity index (χ0v) is 7.44. The summed E-state index contributed by atoms with van der Waals surface area (Å²) >= 11 is 0. The number of carboxylic acids is 1. The molecule has 0 bridgehead atoms. The number of methoxy groups -OCH3 is 1. The lowest BCUT2D eigenvalue weighted by Crippen LogP contribution is -2.21. The maximum absolute atomic E-state index is 10.5. The standard InChI is InChI=1S/C10H8O4/c1-13-7-4-2-3-6-5-8(10(11)12)14-9(6)7/h2-5H,1H3,(H,11,12)/p-1. The van der Waals surface area contributed by atoms with Gasteiger partial charge < -0.3 is 19.1 Å². The highest BCUT2D eigenvalue weighted by atomic mass is 16.5. The molecule has 1 aromatic heterocycles. The molecule has 0 saturated carbocycles. The van der Waals surface area contributed by atoms with E-state index in [-0.39, 0.29) is 5.76 Å². The summed E-state index contributed by atoms with van der Waals surface area (Å²) in [7, 11) is 1.50. The van der Waals surface area contributed by atoms with Crippen LogP contribution in [0.4, 0.5) is 0 Å². The van der Waals surface area contributed by atoms with E-state index < -0.39 is 5.97 Å². The molecule has 0 fully saturated rings. The number of carbonyl (C=O) groups is 1. The number of benzene rings is 1. The van der Waals surface area contributed by atoms with Gasteiger partial charge in [0.05, 0.1) is 7.11 Å². The fraction of sp³-hybridized carbons (Fsp3) is 0.100. The van der Waals surface area contributed by atoms with Gasteiger partial charge in [0.15, 0.2) is 17.1 Å². The lowest BCUT2D eigenvalue weighted by atomic mass is 10.2. The number of furan rings is 1. The summed E-state index contributed by atoms with van der Waals surface area (Å²) in [6.45, 7) is 0. The van der Waals surface area contributed by atoms with Crippen LogP contribution in [0.25, 0.3) is 11.0 Å². The summed E-state index contributed by atoms with van der Waals surface area (Å²) in [5, 5.41) is 11.2. The van der Waals surface area contributed by atoms with Crippen LogP contribution in [0.15, 0.2) is 28.7 Å². The van der Waals surface area contributed by atoms with Gasteiger partial charge in [0.25, 0.3) is 0 Å². The van der Waals surface area contributed by atoms with Gasteiger partial charge in [-0.05, 0) is 12.1 Å². The van der Waals surface area contributed by atoms with Crippen molar-refractivity contribution in [2.24, 2.45) is 0 Å². The molecule has 2 rings (SSSR count). The molecule has 0 atom stereocenters. The summed E-state index contributed by atoms with van der Waals surface area (Å²) in [6, 6.07) is 6.61. The highest BCUT2D eigenvalue weighted by Crippen LogP contribution is 2.27. The van der Waals surface area contributed by atoms with E-state index in [0.717, 1.165) is 0 Å². The van der Waals surface area contributed by atoms with E-state index in [2.05, 4.69) is 0 Å². The molecule has 0 N–H and O–H groups in total. The normalized spacial score (nSPS) is 10.4. The first-order valence-electron chi connectivity index (χ1n) is 4.00. The van der Waals surface area contributed by atoms with Crippen LogP contribution in [0.2, 0.25) is 0 Å². The molecule has 0 amide bonds. The molecule has 2 aromatic rings. The van der Waals surface area contributed by atoms with Gasteiger partial charge in [-0.25, -0.2) is 0 Å². The molecule has 0 unspecified atom stereocenters. The van der Waals surface area contributed by atoms with Gasteiger partial charge >= 0.3 is 0 Å². The van der Waals surface area contributed by atoms with Crippen LogP contribution < -0.4 is 9.84 Å². The maximum atomic E-state index is 10.5. The number of ether oxygens (including phenoxy) is 1. The quantitative estimate of drug-likeness (QED) is 0.704. The number of aromatic carboxylic acids is 1. The third-order valence-electron chi connectivity index (χ3n) is 1.93. The van der Waals surface area contributed by atoms with Gasteiger partial charge in [-0.3, -0.25) is 0 Å². The van der Waals surface area contributed by atoms with Crippen molar-refractivity contribution in [2.45, 2.75) is 0 Å². The molecule has 0 aliphatic carbocycles. The molecule has 1 aromatic carbocycles. The Morgan fingerprint density at radius 3 is 2.93 bits per heavy atom. The molecule has 4 heteroatoms. The van der Waals surface area contributed by atoms with E-state index in [1.54, 1.807) is 18.2 Å². The van der Waals surface area contributed by atoms with Gasteiger partial charge in [-0.15, -0.1) is 0 Å². The lowest BCUT2D eigenvalue weighted by Gasteiger charge is -1.98. The first-order chi connectivity index (χ1) is 6.72. The zero-order valence-electron chi connectivity index (χ0n) is 7.44.